The van der Waals surface area contributed by atoms with Crippen LogP contribution in [-0.4, -0.2) is 32.6 Å². The van der Waals surface area contributed by atoms with Crippen molar-refractivity contribution < 1.29 is 10.2 Å². The lowest BCUT2D eigenvalue weighted by molar-refractivity contribution is 0.189. The normalized spacial score (nSPS) is 11.8. The van der Waals surface area contributed by atoms with Gasteiger partial charge in [-0.25, -0.2) is 0 Å². The molecule has 0 aliphatic rings. The molecule has 0 amide bonds. The molecule has 0 spiro atoms. The molecule has 0 atom stereocenters. The molecule has 0 aromatic carbocycles. The van der Waals surface area contributed by atoms with Crippen LogP contribution in [0.15, 0.2) is 18.3 Å². The smallest absolute Gasteiger partial charge is 0.0662 e. The molecule has 0 unspecified atom stereocenters. The number of aromatic nitrogens is 2. The molecule has 0 fully saturated rings. The van der Waals surface area contributed by atoms with Gasteiger partial charge in [0.1, 0.15) is 0 Å². The Labute approximate surface area is 88.4 Å². The topological polar surface area (TPSA) is 50.3 Å². The van der Waals surface area contributed by atoms with Crippen molar-refractivity contribution in [3.05, 3.63) is 24.0 Å². The van der Waals surface area contributed by atoms with Gasteiger partial charge in [-0.2, -0.15) is 0 Å². The minimum absolute atomic E-state index is 0.0271. The minimum Gasteiger partial charge on any atom is -0.396 e. The summed E-state index contributed by atoms with van der Waals surface area (Å²) in [5, 5.41) is 18.3. The highest BCUT2D eigenvalue weighted by Crippen LogP contribution is 2.24. The molecule has 4 heteroatoms. The highest BCUT2D eigenvalue weighted by molar-refractivity contribution is 5.78. The van der Waals surface area contributed by atoms with E-state index in [2.05, 4.69) is 0 Å². The second-order valence-corrected chi connectivity index (χ2v) is 3.89. The molecule has 2 rings (SSSR count). The van der Waals surface area contributed by atoms with E-state index in [1.807, 2.05) is 41.6 Å². The van der Waals surface area contributed by atoms with Crippen molar-refractivity contribution in [3.8, 4) is 0 Å². The fraction of sp³-hybridized carbons (Fsp3) is 0.455. The van der Waals surface area contributed by atoms with Gasteiger partial charge in [0.05, 0.1) is 24.2 Å². The standard InChI is InChI=1S/C11H16N2O2/c1-12-4-3-9-11(12)5-10(13(9)2)8(6-14)7-15/h3-5,8,14-15H,6-7H2,1-2H3. The quantitative estimate of drug-likeness (QED) is 0.775. The number of nitrogens with zero attached hydrogens (tertiary/aromatic N) is 2. The van der Waals surface area contributed by atoms with Crippen LogP contribution >= 0.6 is 0 Å². The molecule has 0 aliphatic heterocycles. The first-order chi connectivity index (χ1) is 7.19. The van der Waals surface area contributed by atoms with Crippen LogP contribution in [0.2, 0.25) is 0 Å². The second kappa shape index (κ2) is 3.72. The van der Waals surface area contributed by atoms with Crippen molar-refractivity contribution in [1.82, 2.24) is 9.13 Å². The molecule has 0 aliphatic carbocycles. The Morgan fingerprint density at radius 3 is 2.40 bits per heavy atom. The van der Waals surface area contributed by atoms with E-state index in [4.69, 9.17) is 10.2 Å². The minimum atomic E-state index is -0.192. The third-order valence-corrected chi connectivity index (χ3v) is 2.99. The van der Waals surface area contributed by atoms with Crippen LogP contribution in [-0.2, 0) is 14.1 Å². The van der Waals surface area contributed by atoms with Crippen LogP contribution in [0, 0.1) is 0 Å². The molecule has 2 N–H and O–H groups in total. The first kappa shape index (κ1) is 10.3. The number of aliphatic hydroxyl groups excluding tert-OH is 2. The second-order valence-electron chi connectivity index (χ2n) is 3.89. The summed E-state index contributed by atoms with van der Waals surface area (Å²) in [7, 11) is 3.94. The summed E-state index contributed by atoms with van der Waals surface area (Å²) >= 11 is 0. The predicted octanol–water partition coefficient (Wildman–Crippen LogP) is 0.585. The number of rotatable bonds is 3. The van der Waals surface area contributed by atoms with Crippen LogP contribution in [0.25, 0.3) is 11.0 Å². The van der Waals surface area contributed by atoms with Crippen LogP contribution in [0.3, 0.4) is 0 Å². The Kier molecular flexibility index (Phi) is 2.54. The lowest BCUT2D eigenvalue weighted by Crippen LogP contribution is -2.12. The van der Waals surface area contributed by atoms with Crippen molar-refractivity contribution >= 4 is 11.0 Å². The van der Waals surface area contributed by atoms with Gasteiger partial charge in [-0.1, -0.05) is 0 Å². The Hall–Kier alpha value is -1.26. The average Bonchev–Trinajstić information content (AvgIpc) is 2.74. The molecule has 2 heterocycles. The molecule has 4 nitrogen and oxygen atoms in total. The number of aryl methyl sites for hydroxylation is 2. The van der Waals surface area contributed by atoms with Gasteiger partial charge in [0.25, 0.3) is 0 Å². The summed E-state index contributed by atoms with van der Waals surface area (Å²) in [5.74, 6) is -0.192. The van der Waals surface area contributed by atoms with E-state index in [-0.39, 0.29) is 19.1 Å². The fourth-order valence-corrected chi connectivity index (χ4v) is 2.00. The molecule has 0 radical (unpaired) electrons. The monoisotopic (exact) mass is 208 g/mol. The maximum Gasteiger partial charge on any atom is 0.0662 e. The summed E-state index contributed by atoms with van der Waals surface area (Å²) in [5.41, 5.74) is 3.22. The van der Waals surface area contributed by atoms with Crippen LogP contribution in [0.5, 0.6) is 0 Å². The van der Waals surface area contributed by atoms with Crippen molar-refractivity contribution in [2.75, 3.05) is 13.2 Å². The summed E-state index contributed by atoms with van der Waals surface area (Å²) in [6.07, 6.45) is 2.00. The van der Waals surface area contributed by atoms with Crippen molar-refractivity contribution in [3.63, 3.8) is 0 Å². The van der Waals surface area contributed by atoms with E-state index in [1.54, 1.807) is 0 Å². The largest absolute Gasteiger partial charge is 0.396 e. The average molecular weight is 208 g/mol. The lowest BCUT2D eigenvalue weighted by atomic mass is 10.1. The molecule has 0 bridgehead atoms. The Morgan fingerprint density at radius 2 is 1.87 bits per heavy atom. The fourth-order valence-electron chi connectivity index (χ4n) is 2.00. The third-order valence-electron chi connectivity index (χ3n) is 2.99. The number of hydrogen-bond acceptors (Lipinski definition) is 2. The van der Waals surface area contributed by atoms with Gasteiger partial charge >= 0.3 is 0 Å². The van der Waals surface area contributed by atoms with Gasteiger partial charge < -0.3 is 19.3 Å². The van der Waals surface area contributed by atoms with E-state index in [0.717, 1.165) is 16.7 Å². The zero-order valence-electron chi connectivity index (χ0n) is 9.01. The van der Waals surface area contributed by atoms with Gasteiger partial charge in [-0.15, -0.1) is 0 Å². The van der Waals surface area contributed by atoms with Crippen molar-refractivity contribution in [1.29, 1.82) is 0 Å². The summed E-state index contributed by atoms with van der Waals surface area (Å²) in [4.78, 5) is 0. The van der Waals surface area contributed by atoms with Gasteiger partial charge in [-0.05, 0) is 12.1 Å². The lowest BCUT2D eigenvalue weighted by Gasteiger charge is -2.12. The molecular formula is C11H16N2O2. The molecular weight excluding hydrogens is 192 g/mol. The van der Waals surface area contributed by atoms with Gasteiger partial charge in [0.2, 0.25) is 0 Å². The molecule has 0 saturated carbocycles. The number of aliphatic hydroxyl groups is 2. The van der Waals surface area contributed by atoms with Gasteiger partial charge in [-0.3, -0.25) is 0 Å². The number of fused-ring (bicyclic) bond motifs is 1. The Balaban J connectivity index is 2.57. The van der Waals surface area contributed by atoms with Crippen LogP contribution in [0.1, 0.15) is 11.6 Å². The van der Waals surface area contributed by atoms with Gasteiger partial charge in [0.15, 0.2) is 0 Å². The summed E-state index contributed by atoms with van der Waals surface area (Å²) < 4.78 is 4.05. The molecule has 2 aromatic rings. The molecule has 15 heavy (non-hydrogen) atoms. The first-order valence-corrected chi connectivity index (χ1v) is 5.01. The van der Waals surface area contributed by atoms with E-state index in [0.29, 0.717) is 0 Å². The van der Waals surface area contributed by atoms with E-state index < -0.39 is 0 Å². The molecule has 82 valence electrons. The van der Waals surface area contributed by atoms with Crippen LogP contribution in [0.4, 0.5) is 0 Å². The molecule has 0 saturated heterocycles. The Bertz CT molecular complexity index is 466. The van der Waals surface area contributed by atoms with E-state index in [1.165, 1.54) is 0 Å². The van der Waals surface area contributed by atoms with Crippen LogP contribution < -0.4 is 0 Å². The highest BCUT2D eigenvalue weighted by atomic mass is 16.3. The molecule has 2 aromatic heterocycles. The summed E-state index contributed by atoms with van der Waals surface area (Å²) in [6, 6.07) is 4.05. The highest BCUT2D eigenvalue weighted by Gasteiger charge is 2.16. The SMILES string of the molecule is Cn1ccc2c1cc(C(CO)CO)n2C. The van der Waals surface area contributed by atoms with Crippen molar-refractivity contribution in [2.24, 2.45) is 14.1 Å². The first-order valence-electron chi connectivity index (χ1n) is 5.01. The van der Waals surface area contributed by atoms with E-state index >= 15 is 0 Å². The maximum atomic E-state index is 9.16. The Morgan fingerprint density at radius 1 is 1.20 bits per heavy atom. The third kappa shape index (κ3) is 1.46. The zero-order chi connectivity index (χ0) is 11.0. The zero-order valence-corrected chi connectivity index (χ0v) is 9.01. The maximum absolute atomic E-state index is 9.16. The van der Waals surface area contributed by atoms with E-state index in [9.17, 15) is 0 Å². The van der Waals surface area contributed by atoms with Gasteiger partial charge in [0, 0.05) is 31.9 Å². The van der Waals surface area contributed by atoms with Crippen molar-refractivity contribution in [2.45, 2.75) is 5.92 Å². The number of hydrogen-bond donors (Lipinski definition) is 2. The summed E-state index contributed by atoms with van der Waals surface area (Å²) in [6.45, 7) is -0.0542. The predicted molar refractivity (Wildman–Crippen MR) is 58.8 cm³/mol.